The lowest BCUT2D eigenvalue weighted by molar-refractivity contribution is 0.814. The first-order valence-electron chi connectivity index (χ1n) is 15.4. The predicted octanol–water partition coefficient (Wildman–Crippen LogP) is 10.8. The predicted molar refractivity (Wildman–Crippen MR) is 191 cm³/mol. The van der Waals surface area contributed by atoms with Gasteiger partial charge in [-0.15, -0.1) is 0 Å². The van der Waals surface area contributed by atoms with Crippen molar-refractivity contribution < 1.29 is 0 Å². The lowest BCUT2D eigenvalue weighted by atomic mass is 9.99. The van der Waals surface area contributed by atoms with Gasteiger partial charge in [-0.05, 0) is 52.2 Å². The summed E-state index contributed by atoms with van der Waals surface area (Å²) >= 11 is 0. The molecule has 8 rings (SSSR count). The maximum absolute atomic E-state index is 10.7. The fraction of sp³-hybridized carbons (Fsp3) is 0.0476. The van der Waals surface area contributed by atoms with Gasteiger partial charge >= 0.3 is 0 Å². The lowest BCUT2D eigenvalue weighted by Crippen LogP contribution is -2.11. The van der Waals surface area contributed by atoms with Gasteiger partial charge in [0.25, 0.3) is 0 Å². The topological polar surface area (TPSA) is 57.4 Å². The number of allylic oxidation sites excluding steroid dienone is 3. The Morgan fingerprint density at radius 3 is 1.91 bits per heavy atom. The van der Waals surface area contributed by atoms with Crippen LogP contribution in [0.15, 0.2) is 146 Å². The highest BCUT2D eigenvalue weighted by atomic mass is 15.0. The number of para-hydroxylation sites is 2. The summed E-state index contributed by atoms with van der Waals surface area (Å²) in [4.78, 5) is 0. The molecule has 8 aromatic rings. The molecular formula is C42H28N4. The average molecular weight is 589 g/mol. The molecule has 0 radical (unpaired) electrons. The molecule has 0 spiro atoms. The molecule has 2 aromatic heterocycles. The molecule has 0 amide bonds. The Balaban J connectivity index is 1.30. The highest BCUT2D eigenvalue weighted by molar-refractivity contribution is 6.22. The van der Waals surface area contributed by atoms with Crippen LogP contribution in [0.3, 0.4) is 0 Å². The van der Waals surface area contributed by atoms with Crippen LogP contribution >= 0.6 is 0 Å². The molecule has 0 saturated heterocycles. The number of hydrogen-bond donors (Lipinski definition) is 0. The van der Waals surface area contributed by atoms with Crippen LogP contribution in [0.25, 0.3) is 76.9 Å². The summed E-state index contributed by atoms with van der Waals surface area (Å²) in [5.41, 5.74) is 7.75. The molecule has 0 fully saturated rings. The number of nitriles is 2. The van der Waals surface area contributed by atoms with Crippen molar-refractivity contribution >= 4 is 65.8 Å². The van der Waals surface area contributed by atoms with Crippen LogP contribution in [-0.4, -0.2) is 9.13 Å². The third-order valence-corrected chi connectivity index (χ3v) is 9.08. The van der Waals surface area contributed by atoms with Crippen molar-refractivity contribution in [3.05, 3.63) is 146 Å². The number of aromatic nitrogens is 2. The van der Waals surface area contributed by atoms with Gasteiger partial charge in [-0.25, -0.2) is 0 Å². The Labute approximate surface area is 266 Å². The minimum Gasteiger partial charge on any atom is -0.313 e. The molecule has 4 heteroatoms. The van der Waals surface area contributed by atoms with Crippen molar-refractivity contribution in [1.29, 1.82) is 10.5 Å². The van der Waals surface area contributed by atoms with Gasteiger partial charge in [0.1, 0.15) is 0 Å². The molecule has 2 heterocycles. The van der Waals surface area contributed by atoms with Crippen LogP contribution in [0, 0.1) is 28.6 Å². The van der Waals surface area contributed by atoms with Gasteiger partial charge < -0.3 is 9.13 Å². The molecule has 0 aliphatic rings. The molecule has 1 unspecified atom stereocenters. The number of nitrogens with zero attached hydrogens (tertiary/aromatic N) is 4. The van der Waals surface area contributed by atoms with Crippen molar-refractivity contribution in [2.75, 3.05) is 0 Å². The van der Waals surface area contributed by atoms with Gasteiger partial charge in [0.2, 0.25) is 0 Å². The summed E-state index contributed by atoms with van der Waals surface area (Å²) in [5.74, 6) is -0.622. The summed E-state index contributed by atoms with van der Waals surface area (Å²) in [7, 11) is 0. The zero-order chi connectivity index (χ0) is 31.2. The first-order chi connectivity index (χ1) is 22.7. The van der Waals surface area contributed by atoms with E-state index < -0.39 is 5.92 Å². The SMILES string of the molecule is C=C(CC(C#N)/C(=C/C#N)n1c2ccccc2c2ccccc21)n1c2ccc(-c3ccccc3)cc2c2c3ccccc3ccc21. The second-order valence-corrected chi connectivity index (χ2v) is 11.6. The van der Waals surface area contributed by atoms with Gasteiger partial charge in [0.15, 0.2) is 0 Å². The summed E-state index contributed by atoms with van der Waals surface area (Å²) in [6, 6.07) is 50.9. The number of hydrogen-bond acceptors (Lipinski definition) is 2. The summed E-state index contributed by atoms with van der Waals surface area (Å²) < 4.78 is 4.27. The molecule has 46 heavy (non-hydrogen) atoms. The minimum absolute atomic E-state index is 0.344. The Morgan fingerprint density at radius 1 is 0.609 bits per heavy atom. The van der Waals surface area contributed by atoms with E-state index in [1.165, 1.54) is 16.8 Å². The number of benzene rings is 6. The summed E-state index contributed by atoms with van der Waals surface area (Å²) in [6.45, 7) is 4.59. The van der Waals surface area contributed by atoms with Crippen LogP contribution in [-0.2, 0) is 0 Å². The van der Waals surface area contributed by atoms with Crippen LogP contribution in [0.5, 0.6) is 0 Å². The second kappa shape index (κ2) is 11.0. The Hall–Kier alpha value is -6.36. The van der Waals surface area contributed by atoms with Crippen molar-refractivity contribution in [2.45, 2.75) is 6.42 Å². The molecule has 0 saturated carbocycles. The molecular weight excluding hydrogens is 560 g/mol. The molecule has 6 aromatic carbocycles. The van der Waals surface area contributed by atoms with Crippen molar-refractivity contribution in [2.24, 2.45) is 5.92 Å². The maximum atomic E-state index is 10.7. The number of rotatable bonds is 6. The van der Waals surface area contributed by atoms with E-state index in [-0.39, 0.29) is 0 Å². The molecule has 0 aliphatic heterocycles. The van der Waals surface area contributed by atoms with Crippen LogP contribution < -0.4 is 0 Å². The first-order valence-corrected chi connectivity index (χ1v) is 15.4. The quantitative estimate of drug-likeness (QED) is 0.181. The Kier molecular flexibility index (Phi) is 6.49. The van der Waals surface area contributed by atoms with Gasteiger partial charge in [0, 0.05) is 39.7 Å². The average Bonchev–Trinajstić information content (AvgIpc) is 3.63. The van der Waals surface area contributed by atoms with Crippen molar-refractivity contribution in [3.63, 3.8) is 0 Å². The monoisotopic (exact) mass is 588 g/mol. The summed E-state index contributed by atoms with van der Waals surface area (Å²) in [6.07, 6.45) is 1.86. The minimum atomic E-state index is -0.622. The van der Waals surface area contributed by atoms with Gasteiger partial charge in [-0.2, -0.15) is 10.5 Å². The van der Waals surface area contributed by atoms with Crippen LogP contribution in [0.1, 0.15) is 6.42 Å². The molecule has 4 nitrogen and oxygen atoms in total. The van der Waals surface area contributed by atoms with E-state index in [4.69, 9.17) is 0 Å². The van der Waals surface area contributed by atoms with E-state index in [1.54, 1.807) is 0 Å². The van der Waals surface area contributed by atoms with Gasteiger partial charge in [-0.1, -0.05) is 110 Å². The third-order valence-electron chi connectivity index (χ3n) is 9.08. The zero-order valence-corrected chi connectivity index (χ0v) is 25.1. The molecule has 0 N–H and O–H groups in total. The Morgan fingerprint density at radius 2 is 1.22 bits per heavy atom. The fourth-order valence-corrected chi connectivity index (χ4v) is 7.07. The van der Waals surface area contributed by atoms with E-state index in [9.17, 15) is 10.5 Å². The number of fused-ring (bicyclic) bond motifs is 8. The lowest BCUT2D eigenvalue weighted by Gasteiger charge is -2.19. The Bertz CT molecular complexity index is 2550. The molecule has 0 aliphatic carbocycles. The fourth-order valence-electron chi connectivity index (χ4n) is 7.07. The van der Waals surface area contributed by atoms with E-state index in [0.717, 1.165) is 60.4 Å². The first kappa shape index (κ1) is 27.2. The zero-order valence-electron chi connectivity index (χ0n) is 25.1. The smallest absolute Gasteiger partial charge is 0.0930 e. The molecule has 216 valence electrons. The van der Waals surface area contributed by atoms with Gasteiger partial charge in [-0.3, -0.25) is 0 Å². The maximum Gasteiger partial charge on any atom is 0.0930 e. The molecule has 0 bridgehead atoms. The van der Waals surface area contributed by atoms with Crippen molar-refractivity contribution in [3.8, 4) is 23.3 Å². The van der Waals surface area contributed by atoms with Gasteiger partial charge in [0.05, 0.1) is 45.8 Å². The largest absolute Gasteiger partial charge is 0.313 e. The third kappa shape index (κ3) is 4.20. The van der Waals surface area contributed by atoms with Crippen LogP contribution in [0.2, 0.25) is 0 Å². The highest BCUT2D eigenvalue weighted by Gasteiger charge is 2.24. The van der Waals surface area contributed by atoms with E-state index >= 15 is 0 Å². The normalized spacial score (nSPS) is 12.5. The van der Waals surface area contributed by atoms with Crippen LogP contribution in [0.4, 0.5) is 0 Å². The van der Waals surface area contributed by atoms with E-state index in [0.29, 0.717) is 12.1 Å². The second-order valence-electron chi connectivity index (χ2n) is 11.6. The van der Waals surface area contributed by atoms with Crippen molar-refractivity contribution in [1.82, 2.24) is 9.13 Å². The molecule has 1 atom stereocenters. The van der Waals surface area contributed by atoms with E-state index in [2.05, 4.69) is 119 Å². The van der Waals surface area contributed by atoms with E-state index in [1.807, 2.05) is 42.5 Å². The highest BCUT2D eigenvalue weighted by Crippen LogP contribution is 2.41. The summed E-state index contributed by atoms with van der Waals surface area (Å²) in [5, 5.41) is 27.5. The standard InChI is InChI=1S/C42H28N4/c1-28(25-32(27-44)37(23-24-43)46-38-17-9-7-15-34(38)35-16-8-10-18-39(35)46)45-40-21-20-31(29-11-3-2-4-12-29)26-36(40)42-33-14-6-5-13-30(33)19-22-41(42)45/h2-23,26,32H,1,25H2/b37-23-.